The maximum atomic E-state index is 13.1. The van der Waals surface area contributed by atoms with Gasteiger partial charge in [0, 0.05) is 29.5 Å². The first-order valence-corrected chi connectivity index (χ1v) is 9.43. The first kappa shape index (κ1) is 20.1. The molecule has 1 fully saturated rings. The summed E-state index contributed by atoms with van der Waals surface area (Å²) in [7, 11) is 0. The highest BCUT2D eigenvalue weighted by molar-refractivity contribution is 7.14. The van der Waals surface area contributed by atoms with Crippen LogP contribution in [0.15, 0.2) is 36.1 Å². The SMILES string of the molecule is Cl.NC(=O)c1cc(-c2csc(NC(=O)C3(n4cccn4)CCNCC3)n2)c[nH]1. The standard InChI is InChI=1S/C17H19N7O2S.ClH/c18-14(25)12-8-11(9-20-12)13-10-27-16(22-13)23-15(26)17(2-5-19-6-3-17)24-7-1-4-21-24;/h1,4,7-10,19-20H,2-3,5-6H2,(H2,18,25)(H,22,23,26);1H. The van der Waals surface area contributed by atoms with Gasteiger partial charge in [0.15, 0.2) is 5.13 Å². The Labute approximate surface area is 171 Å². The lowest BCUT2D eigenvalue weighted by Crippen LogP contribution is -2.52. The van der Waals surface area contributed by atoms with E-state index in [4.69, 9.17) is 5.73 Å². The second kappa shape index (κ2) is 8.13. The zero-order valence-corrected chi connectivity index (χ0v) is 16.5. The number of carbonyl (C=O) groups is 2. The fourth-order valence-electron chi connectivity index (χ4n) is 3.28. The first-order valence-electron chi connectivity index (χ1n) is 8.55. The molecule has 1 aliphatic heterocycles. The molecule has 11 heteroatoms. The lowest BCUT2D eigenvalue weighted by molar-refractivity contribution is -0.126. The molecule has 1 aliphatic rings. The number of hydrogen-bond donors (Lipinski definition) is 4. The Balaban J connectivity index is 0.00000225. The number of nitrogens with two attached hydrogens (primary N) is 1. The molecule has 0 unspecified atom stereocenters. The number of nitrogens with one attached hydrogen (secondary N) is 3. The van der Waals surface area contributed by atoms with E-state index < -0.39 is 11.4 Å². The largest absolute Gasteiger partial charge is 0.364 e. The number of nitrogens with zero attached hydrogens (tertiary/aromatic N) is 3. The summed E-state index contributed by atoms with van der Waals surface area (Å²) in [5.74, 6) is -0.655. The maximum absolute atomic E-state index is 13.1. The Kier molecular flexibility index (Phi) is 5.82. The fourth-order valence-corrected chi connectivity index (χ4v) is 4.00. The van der Waals surface area contributed by atoms with Crippen molar-refractivity contribution in [2.24, 2.45) is 5.73 Å². The predicted octanol–water partition coefficient (Wildman–Crippen LogP) is 1.57. The van der Waals surface area contributed by atoms with E-state index >= 15 is 0 Å². The molecule has 0 bridgehead atoms. The molecule has 3 aromatic heterocycles. The van der Waals surface area contributed by atoms with E-state index in [0.717, 1.165) is 18.7 Å². The Morgan fingerprint density at radius 2 is 2.11 bits per heavy atom. The van der Waals surface area contributed by atoms with E-state index in [2.05, 4.69) is 25.7 Å². The molecule has 148 valence electrons. The summed E-state index contributed by atoms with van der Waals surface area (Å²) in [5, 5.41) is 12.9. The van der Waals surface area contributed by atoms with E-state index in [1.165, 1.54) is 11.3 Å². The van der Waals surface area contributed by atoms with Gasteiger partial charge in [0.05, 0.1) is 5.69 Å². The second-order valence-electron chi connectivity index (χ2n) is 6.39. The summed E-state index contributed by atoms with van der Waals surface area (Å²) in [5.41, 5.74) is 6.25. The van der Waals surface area contributed by atoms with Gasteiger partial charge in [-0.15, -0.1) is 23.7 Å². The van der Waals surface area contributed by atoms with Crippen LogP contribution in [0.25, 0.3) is 11.3 Å². The van der Waals surface area contributed by atoms with Crippen LogP contribution in [0.2, 0.25) is 0 Å². The Bertz CT molecular complexity index is 960. The van der Waals surface area contributed by atoms with Crippen molar-refractivity contribution in [3.05, 3.63) is 41.8 Å². The van der Waals surface area contributed by atoms with Gasteiger partial charge >= 0.3 is 0 Å². The van der Waals surface area contributed by atoms with Crippen LogP contribution in [-0.4, -0.2) is 44.7 Å². The van der Waals surface area contributed by atoms with Crippen LogP contribution >= 0.6 is 23.7 Å². The minimum absolute atomic E-state index is 0. The minimum Gasteiger partial charge on any atom is -0.364 e. The van der Waals surface area contributed by atoms with Crippen molar-refractivity contribution < 1.29 is 9.59 Å². The molecule has 5 N–H and O–H groups in total. The molecule has 0 saturated carbocycles. The van der Waals surface area contributed by atoms with E-state index in [9.17, 15) is 9.59 Å². The number of thiazole rings is 1. The number of aromatic nitrogens is 4. The van der Waals surface area contributed by atoms with Crippen LogP contribution in [0, 0.1) is 0 Å². The van der Waals surface area contributed by atoms with Crippen molar-refractivity contribution in [3.8, 4) is 11.3 Å². The molecule has 4 heterocycles. The number of amides is 2. The van der Waals surface area contributed by atoms with Crippen molar-refractivity contribution in [1.29, 1.82) is 0 Å². The number of piperidine rings is 1. The molecule has 4 rings (SSSR count). The molecule has 1 saturated heterocycles. The number of carbonyl (C=O) groups excluding carboxylic acids is 2. The Morgan fingerprint density at radius 1 is 1.32 bits per heavy atom. The molecule has 0 aliphatic carbocycles. The van der Waals surface area contributed by atoms with Crippen molar-refractivity contribution >= 4 is 40.7 Å². The molecule has 3 aromatic rings. The van der Waals surface area contributed by atoms with E-state index in [0.29, 0.717) is 29.4 Å². The van der Waals surface area contributed by atoms with E-state index in [-0.39, 0.29) is 18.3 Å². The quantitative estimate of drug-likeness (QED) is 0.496. The third-order valence-electron chi connectivity index (χ3n) is 4.77. The topological polar surface area (TPSA) is 131 Å². The highest BCUT2D eigenvalue weighted by Gasteiger charge is 2.42. The number of primary amides is 1. The lowest BCUT2D eigenvalue weighted by atomic mass is 9.87. The first-order chi connectivity index (χ1) is 13.1. The van der Waals surface area contributed by atoms with Crippen LogP contribution in [0.5, 0.6) is 0 Å². The third kappa shape index (κ3) is 3.66. The molecule has 9 nitrogen and oxygen atoms in total. The van der Waals surface area contributed by atoms with Gasteiger partial charge in [-0.05, 0) is 38.1 Å². The lowest BCUT2D eigenvalue weighted by Gasteiger charge is -2.36. The smallest absolute Gasteiger partial charge is 0.265 e. The van der Waals surface area contributed by atoms with Crippen molar-refractivity contribution in [3.63, 3.8) is 0 Å². The molecule has 0 atom stereocenters. The molecule has 0 radical (unpaired) electrons. The summed E-state index contributed by atoms with van der Waals surface area (Å²) in [6, 6.07) is 3.46. The molecular weight excluding hydrogens is 402 g/mol. The average molecular weight is 422 g/mol. The highest BCUT2D eigenvalue weighted by Crippen LogP contribution is 2.31. The number of anilines is 1. The molecule has 28 heavy (non-hydrogen) atoms. The summed E-state index contributed by atoms with van der Waals surface area (Å²) >= 11 is 1.33. The van der Waals surface area contributed by atoms with Crippen LogP contribution in [0.4, 0.5) is 5.13 Å². The maximum Gasteiger partial charge on any atom is 0.265 e. The van der Waals surface area contributed by atoms with Gasteiger partial charge in [-0.3, -0.25) is 19.6 Å². The molecule has 2 amide bonds. The van der Waals surface area contributed by atoms with Gasteiger partial charge in [0.2, 0.25) is 0 Å². The third-order valence-corrected chi connectivity index (χ3v) is 5.52. The monoisotopic (exact) mass is 421 g/mol. The number of H-pyrrole nitrogens is 1. The summed E-state index contributed by atoms with van der Waals surface area (Å²) in [6.07, 6.45) is 6.47. The van der Waals surface area contributed by atoms with Gasteiger partial charge in [0.25, 0.3) is 11.8 Å². The zero-order chi connectivity index (χ0) is 18.9. The minimum atomic E-state index is -0.728. The molecule has 0 aromatic carbocycles. The number of hydrogen-bond acceptors (Lipinski definition) is 6. The second-order valence-corrected chi connectivity index (χ2v) is 7.25. The van der Waals surface area contributed by atoms with Crippen molar-refractivity contribution in [2.45, 2.75) is 18.4 Å². The van der Waals surface area contributed by atoms with E-state index in [1.807, 2.05) is 17.6 Å². The van der Waals surface area contributed by atoms with Crippen LogP contribution in [-0.2, 0) is 10.3 Å². The van der Waals surface area contributed by atoms with Gasteiger partial charge in [-0.1, -0.05) is 0 Å². The Morgan fingerprint density at radius 3 is 2.75 bits per heavy atom. The van der Waals surface area contributed by atoms with E-state index in [1.54, 1.807) is 23.1 Å². The van der Waals surface area contributed by atoms with Crippen molar-refractivity contribution in [2.75, 3.05) is 18.4 Å². The van der Waals surface area contributed by atoms with Crippen LogP contribution < -0.4 is 16.4 Å². The predicted molar refractivity (Wildman–Crippen MR) is 109 cm³/mol. The van der Waals surface area contributed by atoms with Gasteiger partial charge in [0.1, 0.15) is 11.2 Å². The fraction of sp³-hybridized carbons (Fsp3) is 0.294. The highest BCUT2D eigenvalue weighted by atomic mass is 35.5. The number of aromatic amines is 1. The van der Waals surface area contributed by atoms with Crippen LogP contribution in [0.3, 0.4) is 0 Å². The number of halogens is 1. The Hall–Kier alpha value is -2.69. The summed E-state index contributed by atoms with van der Waals surface area (Å²) < 4.78 is 1.74. The van der Waals surface area contributed by atoms with Gasteiger partial charge in [-0.25, -0.2) is 4.98 Å². The number of rotatable bonds is 5. The summed E-state index contributed by atoms with van der Waals surface area (Å²) in [6.45, 7) is 1.49. The van der Waals surface area contributed by atoms with Gasteiger partial charge in [-0.2, -0.15) is 5.10 Å². The molecular formula is C17H20ClN7O2S. The van der Waals surface area contributed by atoms with Crippen molar-refractivity contribution in [1.82, 2.24) is 25.1 Å². The average Bonchev–Trinajstić information content (AvgIpc) is 3.42. The zero-order valence-electron chi connectivity index (χ0n) is 14.8. The molecule has 0 spiro atoms. The van der Waals surface area contributed by atoms with Crippen LogP contribution in [0.1, 0.15) is 23.3 Å². The normalized spacial score (nSPS) is 15.6. The summed E-state index contributed by atoms with van der Waals surface area (Å²) in [4.78, 5) is 31.6. The van der Waals surface area contributed by atoms with Gasteiger partial charge < -0.3 is 16.0 Å².